The first-order valence-electron chi connectivity index (χ1n) is 9.17. The van der Waals surface area contributed by atoms with Gasteiger partial charge in [-0.2, -0.15) is 0 Å². The van der Waals surface area contributed by atoms with Crippen LogP contribution in [0.4, 0.5) is 0 Å². The number of likely N-dealkylation sites (tertiary alicyclic amines) is 1. The van der Waals surface area contributed by atoms with Crippen molar-refractivity contribution >= 4 is 28.8 Å². The third kappa shape index (κ3) is 3.95. The maximum atomic E-state index is 13.2. The molecule has 7 heteroatoms. The van der Waals surface area contributed by atoms with Crippen molar-refractivity contribution in [3.8, 4) is 5.75 Å². The molecule has 1 aromatic carbocycles. The maximum Gasteiger partial charge on any atom is 0.295 e. The van der Waals surface area contributed by atoms with Crippen molar-refractivity contribution in [2.24, 2.45) is 0 Å². The Morgan fingerprint density at radius 1 is 1.25 bits per heavy atom. The van der Waals surface area contributed by atoms with Crippen LogP contribution in [0.25, 0.3) is 5.76 Å². The van der Waals surface area contributed by atoms with Crippen LogP contribution in [-0.4, -0.2) is 50.9 Å². The molecular weight excluding hydrogens is 376 g/mol. The Bertz CT molecular complexity index is 890. The lowest BCUT2D eigenvalue weighted by atomic mass is 9.99. The van der Waals surface area contributed by atoms with E-state index in [1.807, 2.05) is 31.6 Å². The standard InChI is InChI=1S/C21H24N2O4S/c1-22(2)10-6-11-23-18(16-9-5-12-28-16)17(20(25)21(23)26)19(24)14-7-4-8-15(13-14)27-3/h4-5,7-9,12-13,18,24H,6,10-11H2,1-3H3/b19-17+. The van der Waals surface area contributed by atoms with Gasteiger partial charge in [0.05, 0.1) is 33.8 Å². The predicted octanol–water partition coefficient (Wildman–Crippen LogP) is 0.515. The zero-order chi connectivity index (χ0) is 20.3. The van der Waals surface area contributed by atoms with E-state index in [1.54, 1.807) is 29.2 Å². The molecule has 0 aliphatic carbocycles. The summed E-state index contributed by atoms with van der Waals surface area (Å²) >= 11 is 1.44. The maximum absolute atomic E-state index is 13.2. The number of carbonyl (C=O) groups excluding carboxylic acids is 2. The number of carbonyl (C=O) groups is 2. The van der Waals surface area contributed by atoms with Gasteiger partial charge < -0.3 is 19.6 Å². The second-order valence-electron chi connectivity index (χ2n) is 7.03. The van der Waals surface area contributed by atoms with Crippen molar-refractivity contribution in [1.29, 1.82) is 0 Å². The number of methoxy groups -OCH3 is 1. The fourth-order valence-corrected chi connectivity index (χ4v) is 4.21. The molecule has 1 aliphatic heterocycles. The monoisotopic (exact) mass is 400 g/mol. The topological polar surface area (TPSA) is 74.1 Å². The van der Waals surface area contributed by atoms with E-state index in [1.165, 1.54) is 23.3 Å². The van der Waals surface area contributed by atoms with Gasteiger partial charge in [0.1, 0.15) is 5.75 Å². The van der Waals surface area contributed by atoms with Crippen LogP contribution in [0.15, 0.2) is 47.4 Å². The number of thiophene rings is 1. The Hall–Kier alpha value is -2.64. The molecule has 1 N–H and O–H groups in total. The van der Waals surface area contributed by atoms with Crippen LogP contribution < -0.4 is 14.7 Å². The van der Waals surface area contributed by atoms with Crippen molar-refractivity contribution in [2.75, 3.05) is 34.3 Å². The van der Waals surface area contributed by atoms with Crippen LogP contribution in [0, 0.1) is 0 Å². The third-order valence-electron chi connectivity index (χ3n) is 4.75. The number of quaternary nitrogens is 1. The fourth-order valence-electron chi connectivity index (χ4n) is 3.37. The number of rotatable bonds is 7. The molecule has 1 atom stereocenters. The molecule has 1 fully saturated rings. The Balaban J connectivity index is 2.04. The van der Waals surface area contributed by atoms with Gasteiger partial charge >= 0.3 is 0 Å². The minimum atomic E-state index is -0.705. The highest BCUT2D eigenvalue weighted by Crippen LogP contribution is 2.40. The lowest BCUT2D eigenvalue weighted by molar-refractivity contribution is -0.858. The number of ketones is 1. The van der Waals surface area contributed by atoms with E-state index >= 15 is 0 Å². The van der Waals surface area contributed by atoms with E-state index in [2.05, 4.69) is 0 Å². The van der Waals surface area contributed by atoms with E-state index < -0.39 is 23.5 Å². The molecule has 3 rings (SSSR count). The van der Waals surface area contributed by atoms with Crippen LogP contribution >= 0.6 is 11.3 Å². The average molecular weight is 400 g/mol. The van der Waals surface area contributed by atoms with Gasteiger partial charge in [0.15, 0.2) is 0 Å². The number of ether oxygens (including phenoxy) is 1. The first-order valence-corrected chi connectivity index (χ1v) is 10.0. The van der Waals surface area contributed by atoms with Crippen molar-refractivity contribution in [2.45, 2.75) is 12.5 Å². The molecule has 1 saturated heterocycles. The molecule has 1 aliphatic rings. The highest BCUT2D eigenvalue weighted by molar-refractivity contribution is 7.10. The van der Waals surface area contributed by atoms with E-state index in [0.717, 1.165) is 17.8 Å². The van der Waals surface area contributed by atoms with Gasteiger partial charge in [-0.25, -0.2) is 0 Å². The van der Waals surface area contributed by atoms with Gasteiger partial charge in [-0.15, -0.1) is 11.3 Å². The number of amides is 1. The minimum absolute atomic E-state index is 0.0258. The Labute approximate surface area is 168 Å². The summed E-state index contributed by atoms with van der Waals surface area (Å²) in [4.78, 5) is 29.2. The Morgan fingerprint density at radius 2 is 2.04 bits per heavy atom. The lowest BCUT2D eigenvalue weighted by Crippen LogP contribution is -3.05. The molecule has 0 saturated carbocycles. The molecule has 1 amide bonds. The van der Waals surface area contributed by atoms with E-state index in [0.29, 0.717) is 17.9 Å². The summed E-state index contributed by atoms with van der Waals surface area (Å²) in [7, 11) is 5.60. The summed E-state index contributed by atoms with van der Waals surface area (Å²) in [6.07, 6.45) is 0.754. The van der Waals surface area contributed by atoms with Gasteiger partial charge in [0.2, 0.25) is 5.78 Å². The average Bonchev–Trinajstić information content (AvgIpc) is 3.29. The van der Waals surface area contributed by atoms with Crippen molar-refractivity contribution in [3.05, 3.63) is 57.8 Å². The highest BCUT2D eigenvalue weighted by Gasteiger charge is 2.44. The molecule has 0 spiro atoms. The summed E-state index contributed by atoms with van der Waals surface area (Å²) in [6.45, 7) is 1.31. The smallest absolute Gasteiger partial charge is 0.295 e. The number of hydrogen-bond acceptors (Lipinski definition) is 5. The van der Waals surface area contributed by atoms with Crippen LogP contribution in [-0.2, 0) is 9.59 Å². The number of Topliss-reactive ketones (excluding diaryl/α,β-unsaturated/α-hetero) is 1. The third-order valence-corrected chi connectivity index (χ3v) is 5.67. The minimum Gasteiger partial charge on any atom is -0.872 e. The van der Waals surface area contributed by atoms with E-state index in [4.69, 9.17) is 4.74 Å². The molecule has 2 aromatic rings. The number of hydrogen-bond donors (Lipinski definition) is 1. The Morgan fingerprint density at radius 3 is 2.68 bits per heavy atom. The SMILES string of the molecule is COc1cccc(/C([O-])=C2\C(=O)C(=O)N(CCC[NH+](C)C)C2c2cccs2)c1. The molecular formula is C21H24N2O4S. The molecule has 28 heavy (non-hydrogen) atoms. The van der Waals surface area contributed by atoms with Crippen molar-refractivity contribution in [3.63, 3.8) is 0 Å². The van der Waals surface area contributed by atoms with Gasteiger partial charge in [0, 0.05) is 23.4 Å². The zero-order valence-corrected chi connectivity index (χ0v) is 17.0. The van der Waals surface area contributed by atoms with Crippen molar-refractivity contribution in [1.82, 2.24) is 4.90 Å². The molecule has 6 nitrogen and oxygen atoms in total. The van der Waals surface area contributed by atoms with Gasteiger partial charge in [0.25, 0.3) is 5.91 Å². The summed E-state index contributed by atoms with van der Waals surface area (Å²) in [5.74, 6) is -1.19. The number of nitrogens with one attached hydrogen (secondary N) is 1. The molecule has 1 unspecified atom stereocenters. The molecule has 148 valence electrons. The predicted molar refractivity (Wildman–Crippen MR) is 106 cm³/mol. The molecule has 0 bridgehead atoms. The summed E-state index contributed by atoms with van der Waals surface area (Å²) < 4.78 is 5.19. The first-order chi connectivity index (χ1) is 13.4. The quantitative estimate of drug-likeness (QED) is 0.418. The van der Waals surface area contributed by atoms with Crippen molar-refractivity contribution < 1.29 is 24.3 Å². The Kier molecular flexibility index (Phi) is 6.16. The first kappa shape index (κ1) is 20.1. The van der Waals surface area contributed by atoms with E-state index in [9.17, 15) is 14.7 Å². The van der Waals surface area contributed by atoms with Crippen LogP contribution in [0.5, 0.6) is 5.75 Å². The second-order valence-corrected chi connectivity index (χ2v) is 8.01. The van der Waals surface area contributed by atoms with Gasteiger partial charge in [-0.3, -0.25) is 9.59 Å². The van der Waals surface area contributed by atoms with Crippen LogP contribution in [0.2, 0.25) is 0 Å². The molecule has 2 heterocycles. The zero-order valence-electron chi connectivity index (χ0n) is 16.2. The highest BCUT2D eigenvalue weighted by atomic mass is 32.1. The molecule has 0 radical (unpaired) electrons. The summed E-state index contributed by atoms with van der Waals surface area (Å²) in [6, 6.07) is 9.76. The molecule has 1 aromatic heterocycles. The largest absolute Gasteiger partial charge is 0.872 e. The normalized spacial score (nSPS) is 18.9. The second kappa shape index (κ2) is 8.58. The van der Waals surface area contributed by atoms with Crippen LogP contribution in [0.3, 0.4) is 0 Å². The lowest BCUT2D eigenvalue weighted by Gasteiger charge is -2.26. The van der Waals surface area contributed by atoms with Gasteiger partial charge in [-0.1, -0.05) is 24.0 Å². The number of nitrogens with zero attached hydrogens (tertiary/aromatic N) is 1. The van der Waals surface area contributed by atoms with E-state index in [-0.39, 0.29) is 5.57 Å². The van der Waals surface area contributed by atoms with Crippen LogP contribution in [0.1, 0.15) is 22.9 Å². The summed E-state index contributed by atoms with van der Waals surface area (Å²) in [5, 5.41) is 15.1. The van der Waals surface area contributed by atoms with Gasteiger partial charge in [-0.05, 0) is 29.1 Å². The number of benzene rings is 1. The fraction of sp³-hybridized carbons (Fsp3) is 0.333. The summed E-state index contributed by atoms with van der Waals surface area (Å²) in [5.41, 5.74) is 0.370.